The summed E-state index contributed by atoms with van der Waals surface area (Å²) in [7, 11) is 0. The Morgan fingerprint density at radius 1 is 0.900 bits per heavy atom. The zero-order chi connectivity index (χ0) is 15.6. The van der Waals surface area contributed by atoms with E-state index in [1.54, 1.807) is 12.5 Å². The van der Waals surface area contributed by atoms with Crippen LogP contribution in [0.3, 0.4) is 0 Å². The molecule has 20 heavy (non-hydrogen) atoms. The lowest BCUT2D eigenvalue weighted by Gasteiger charge is -2.33. The van der Waals surface area contributed by atoms with Gasteiger partial charge < -0.3 is 9.47 Å². The lowest BCUT2D eigenvalue weighted by molar-refractivity contribution is 0.0451. The Morgan fingerprint density at radius 3 is 1.90 bits per heavy atom. The van der Waals surface area contributed by atoms with E-state index in [0.717, 1.165) is 22.3 Å². The molecule has 0 aliphatic rings. The van der Waals surface area contributed by atoms with E-state index in [1.165, 1.54) is 0 Å². The fraction of sp³-hybridized carbons (Fsp3) is 0.500. The highest BCUT2D eigenvalue weighted by atomic mass is 16.5. The third kappa shape index (κ3) is 2.86. The SMILES string of the molecule is Cc1ccc(C(C)(C)OC#N)c(C(C)(C)OC#N)c1C. The van der Waals surface area contributed by atoms with Crippen LogP contribution >= 0.6 is 0 Å². The van der Waals surface area contributed by atoms with Crippen molar-refractivity contribution in [2.75, 3.05) is 0 Å². The average molecular weight is 272 g/mol. The highest BCUT2D eigenvalue weighted by Gasteiger charge is 2.35. The minimum Gasteiger partial charge on any atom is -0.417 e. The molecule has 0 saturated heterocycles. The normalized spacial score (nSPS) is 11.4. The van der Waals surface area contributed by atoms with Crippen LogP contribution in [0.2, 0.25) is 0 Å². The van der Waals surface area contributed by atoms with E-state index in [-0.39, 0.29) is 0 Å². The third-order valence-corrected chi connectivity index (χ3v) is 3.59. The first-order chi connectivity index (χ1) is 9.17. The molecule has 106 valence electrons. The van der Waals surface area contributed by atoms with Crippen molar-refractivity contribution in [1.82, 2.24) is 0 Å². The first-order valence-corrected chi connectivity index (χ1v) is 6.42. The largest absolute Gasteiger partial charge is 0.417 e. The summed E-state index contributed by atoms with van der Waals surface area (Å²) in [6, 6.07) is 3.91. The monoisotopic (exact) mass is 272 g/mol. The van der Waals surface area contributed by atoms with Gasteiger partial charge in [-0.15, -0.1) is 0 Å². The van der Waals surface area contributed by atoms with Crippen LogP contribution in [0.15, 0.2) is 12.1 Å². The predicted octanol–water partition coefficient (Wildman–Crippen LogP) is 3.77. The summed E-state index contributed by atoms with van der Waals surface area (Å²) < 4.78 is 10.4. The van der Waals surface area contributed by atoms with Crippen LogP contribution < -0.4 is 0 Å². The quantitative estimate of drug-likeness (QED) is 0.782. The summed E-state index contributed by atoms with van der Waals surface area (Å²) in [4.78, 5) is 0. The third-order valence-electron chi connectivity index (χ3n) is 3.59. The number of benzene rings is 1. The molecule has 0 aromatic heterocycles. The van der Waals surface area contributed by atoms with E-state index >= 15 is 0 Å². The van der Waals surface area contributed by atoms with Crippen LogP contribution in [0.4, 0.5) is 0 Å². The van der Waals surface area contributed by atoms with Crippen molar-refractivity contribution in [2.24, 2.45) is 0 Å². The maximum Gasteiger partial charge on any atom is 0.287 e. The van der Waals surface area contributed by atoms with Crippen LogP contribution in [0.5, 0.6) is 0 Å². The minimum atomic E-state index is -0.781. The van der Waals surface area contributed by atoms with Gasteiger partial charge in [-0.1, -0.05) is 12.1 Å². The molecule has 4 nitrogen and oxygen atoms in total. The topological polar surface area (TPSA) is 66.0 Å². The second kappa shape index (κ2) is 5.43. The second-order valence-electron chi connectivity index (χ2n) is 5.84. The first-order valence-electron chi connectivity index (χ1n) is 6.42. The Hall–Kier alpha value is -2.20. The molecular weight excluding hydrogens is 252 g/mol. The van der Waals surface area contributed by atoms with Crippen LogP contribution in [0, 0.1) is 36.9 Å². The summed E-state index contributed by atoms with van der Waals surface area (Å²) in [6.07, 6.45) is 3.50. The fourth-order valence-electron chi connectivity index (χ4n) is 2.43. The molecule has 1 rings (SSSR count). The van der Waals surface area contributed by atoms with Gasteiger partial charge in [0.05, 0.1) is 0 Å². The van der Waals surface area contributed by atoms with Gasteiger partial charge in [0.25, 0.3) is 12.5 Å². The van der Waals surface area contributed by atoms with Crippen LogP contribution in [0.1, 0.15) is 49.9 Å². The molecule has 4 heteroatoms. The van der Waals surface area contributed by atoms with Gasteiger partial charge >= 0.3 is 0 Å². The molecule has 0 bridgehead atoms. The van der Waals surface area contributed by atoms with Gasteiger partial charge in [-0.2, -0.15) is 10.5 Å². The smallest absolute Gasteiger partial charge is 0.287 e. The van der Waals surface area contributed by atoms with Gasteiger partial charge in [0.1, 0.15) is 11.2 Å². The standard InChI is InChI=1S/C16H20N2O2/c1-11-7-8-13(15(3,4)19-9-17)14(12(11)2)16(5,6)20-10-18/h7-8H,1-6H3. The Morgan fingerprint density at radius 2 is 1.40 bits per heavy atom. The van der Waals surface area contributed by atoms with Crippen molar-refractivity contribution in [2.45, 2.75) is 52.7 Å². The second-order valence-corrected chi connectivity index (χ2v) is 5.84. The van der Waals surface area contributed by atoms with E-state index in [4.69, 9.17) is 20.0 Å². The molecule has 0 fully saturated rings. The van der Waals surface area contributed by atoms with E-state index < -0.39 is 11.2 Å². The summed E-state index contributed by atoms with van der Waals surface area (Å²) in [6.45, 7) is 11.3. The molecule has 0 heterocycles. The summed E-state index contributed by atoms with van der Waals surface area (Å²) in [5, 5.41) is 17.7. The summed E-state index contributed by atoms with van der Waals surface area (Å²) in [5.74, 6) is 0. The van der Waals surface area contributed by atoms with Crippen LogP contribution in [0.25, 0.3) is 0 Å². The Balaban J connectivity index is 3.61. The highest BCUT2D eigenvalue weighted by molar-refractivity contribution is 5.45. The lowest BCUT2D eigenvalue weighted by Crippen LogP contribution is -2.30. The van der Waals surface area contributed by atoms with Crippen molar-refractivity contribution < 1.29 is 9.47 Å². The number of hydrogen-bond donors (Lipinski definition) is 0. The maximum atomic E-state index is 8.86. The molecule has 0 saturated carbocycles. The average Bonchev–Trinajstić information content (AvgIpc) is 2.31. The van der Waals surface area contributed by atoms with E-state index in [9.17, 15) is 0 Å². The molecule has 0 unspecified atom stereocenters. The molecule has 0 spiro atoms. The minimum absolute atomic E-state index is 0.779. The van der Waals surface area contributed by atoms with E-state index in [2.05, 4.69) is 0 Å². The lowest BCUT2D eigenvalue weighted by atomic mass is 9.81. The first kappa shape index (κ1) is 15.9. The van der Waals surface area contributed by atoms with Gasteiger partial charge in [-0.25, -0.2) is 0 Å². The molecule has 0 atom stereocenters. The molecule has 1 aromatic carbocycles. The van der Waals surface area contributed by atoms with Gasteiger partial charge in [-0.3, -0.25) is 0 Å². The Bertz CT molecular complexity index is 590. The van der Waals surface area contributed by atoms with Crippen molar-refractivity contribution in [1.29, 1.82) is 10.5 Å². The van der Waals surface area contributed by atoms with Crippen molar-refractivity contribution >= 4 is 0 Å². The number of rotatable bonds is 4. The van der Waals surface area contributed by atoms with Gasteiger partial charge in [0.15, 0.2) is 0 Å². The molecule has 1 aromatic rings. The van der Waals surface area contributed by atoms with Crippen molar-refractivity contribution in [3.05, 3.63) is 34.4 Å². The van der Waals surface area contributed by atoms with Crippen LogP contribution in [-0.4, -0.2) is 0 Å². The molecule has 0 radical (unpaired) electrons. The van der Waals surface area contributed by atoms with Gasteiger partial charge in [0.2, 0.25) is 0 Å². The van der Waals surface area contributed by atoms with E-state index in [0.29, 0.717) is 0 Å². The predicted molar refractivity (Wildman–Crippen MR) is 75.4 cm³/mol. The van der Waals surface area contributed by atoms with Crippen molar-refractivity contribution in [3.63, 3.8) is 0 Å². The fourth-order valence-corrected chi connectivity index (χ4v) is 2.43. The Labute approximate surface area is 120 Å². The molecule has 0 amide bonds. The van der Waals surface area contributed by atoms with Gasteiger partial charge in [0, 0.05) is 11.1 Å². The maximum absolute atomic E-state index is 8.86. The molecule has 0 N–H and O–H groups in total. The van der Waals surface area contributed by atoms with Crippen molar-refractivity contribution in [3.8, 4) is 12.5 Å². The Kier molecular flexibility index (Phi) is 4.30. The van der Waals surface area contributed by atoms with Gasteiger partial charge in [-0.05, 0) is 52.7 Å². The zero-order valence-corrected chi connectivity index (χ0v) is 12.9. The number of nitriles is 2. The molecule has 0 aliphatic heterocycles. The number of nitrogens with zero attached hydrogens (tertiary/aromatic N) is 2. The number of aryl methyl sites for hydroxylation is 1. The highest BCUT2D eigenvalue weighted by Crippen LogP contribution is 2.38. The number of hydrogen-bond acceptors (Lipinski definition) is 4. The van der Waals surface area contributed by atoms with Crippen LogP contribution in [-0.2, 0) is 20.7 Å². The zero-order valence-electron chi connectivity index (χ0n) is 12.9. The summed E-state index contributed by atoms with van der Waals surface area (Å²) >= 11 is 0. The molecular formula is C16H20N2O2. The molecule has 0 aliphatic carbocycles. The summed E-state index contributed by atoms with van der Waals surface area (Å²) in [5.41, 5.74) is 2.32. The number of ether oxygens (including phenoxy) is 2. The van der Waals surface area contributed by atoms with E-state index in [1.807, 2.05) is 53.7 Å².